The van der Waals surface area contributed by atoms with E-state index in [2.05, 4.69) is 10.6 Å². The maximum atomic E-state index is 12.2. The van der Waals surface area contributed by atoms with Crippen LogP contribution in [0.15, 0.2) is 40.8 Å². The Bertz CT molecular complexity index is 729. The number of furan rings is 1. The van der Waals surface area contributed by atoms with Crippen LogP contribution in [0.25, 0.3) is 0 Å². The Hall–Kier alpha value is -2.56. The van der Waals surface area contributed by atoms with E-state index in [9.17, 15) is 9.59 Å². The fraction of sp³-hybridized carbons (Fsp3) is 0.368. The number of carbonyl (C=O) groups excluding carboxylic acids is 2. The first-order valence-electron chi connectivity index (χ1n) is 8.37. The molecule has 0 radical (unpaired) electrons. The number of rotatable bonds is 6. The van der Waals surface area contributed by atoms with E-state index in [-0.39, 0.29) is 23.8 Å². The molecule has 24 heavy (non-hydrogen) atoms. The summed E-state index contributed by atoms with van der Waals surface area (Å²) in [7, 11) is 0. The molecule has 1 aromatic heterocycles. The topological polar surface area (TPSA) is 71.3 Å². The summed E-state index contributed by atoms with van der Waals surface area (Å²) in [5, 5.41) is 5.82. The molecule has 1 heterocycles. The third-order valence-electron chi connectivity index (χ3n) is 4.21. The smallest absolute Gasteiger partial charge is 0.287 e. The summed E-state index contributed by atoms with van der Waals surface area (Å²) >= 11 is 0. The largest absolute Gasteiger partial charge is 0.456 e. The van der Waals surface area contributed by atoms with Gasteiger partial charge in [-0.1, -0.05) is 19.1 Å². The second kappa shape index (κ2) is 6.91. The van der Waals surface area contributed by atoms with Crippen molar-refractivity contribution in [1.82, 2.24) is 5.32 Å². The number of hydrogen-bond donors (Lipinski definition) is 2. The van der Waals surface area contributed by atoms with E-state index < -0.39 is 0 Å². The third-order valence-corrected chi connectivity index (χ3v) is 4.21. The van der Waals surface area contributed by atoms with E-state index in [1.165, 1.54) is 0 Å². The van der Waals surface area contributed by atoms with Crippen molar-refractivity contribution in [3.63, 3.8) is 0 Å². The molecule has 0 aliphatic heterocycles. The lowest BCUT2D eigenvalue weighted by Crippen LogP contribution is -2.26. The van der Waals surface area contributed by atoms with Gasteiger partial charge < -0.3 is 15.1 Å². The van der Waals surface area contributed by atoms with Crippen LogP contribution in [0, 0.1) is 5.92 Å². The second-order valence-corrected chi connectivity index (χ2v) is 6.20. The fourth-order valence-electron chi connectivity index (χ4n) is 2.49. The van der Waals surface area contributed by atoms with Gasteiger partial charge in [-0.15, -0.1) is 0 Å². The lowest BCUT2D eigenvalue weighted by Gasteiger charge is -2.14. The number of aryl methyl sites for hydroxylation is 1. The zero-order valence-corrected chi connectivity index (χ0v) is 14.0. The average Bonchev–Trinajstić information content (AvgIpc) is 3.32. The van der Waals surface area contributed by atoms with Crippen LogP contribution in [0.3, 0.4) is 0 Å². The zero-order valence-electron chi connectivity index (χ0n) is 14.0. The van der Waals surface area contributed by atoms with Crippen LogP contribution < -0.4 is 10.6 Å². The SMILES string of the molecule is CCc1ccc(C(=O)NC(C)c2ccc(NC(=O)C3CC3)cc2)o1. The summed E-state index contributed by atoms with van der Waals surface area (Å²) in [6.07, 6.45) is 2.73. The quantitative estimate of drug-likeness (QED) is 0.850. The minimum Gasteiger partial charge on any atom is -0.456 e. The number of hydrogen-bond acceptors (Lipinski definition) is 3. The summed E-state index contributed by atoms with van der Waals surface area (Å²) < 4.78 is 5.46. The summed E-state index contributed by atoms with van der Waals surface area (Å²) in [5.74, 6) is 1.17. The van der Waals surface area contributed by atoms with E-state index >= 15 is 0 Å². The molecule has 1 aromatic carbocycles. The first-order valence-corrected chi connectivity index (χ1v) is 8.37. The molecular weight excluding hydrogens is 304 g/mol. The van der Waals surface area contributed by atoms with Gasteiger partial charge >= 0.3 is 0 Å². The van der Waals surface area contributed by atoms with Gasteiger partial charge in [-0.3, -0.25) is 9.59 Å². The van der Waals surface area contributed by atoms with Crippen molar-refractivity contribution in [3.05, 3.63) is 53.5 Å². The van der Waals surface area contributed by atoms with Crippen LogP contribution in [0.4, 0.5) is 5.69 Å². The summed E-state index contributed by atoms with van der Waals surface area (Å²) in [6, 6.07) is 10.9. The van der Waals surface area contributed by atoms with Gasteiger partial charge in [0, 0.05) is 18.0 Å². The predicted molar refractivity (Wildman–Crippen MR) is 91.8 cm³/mol. The number of benzene rings is 1. The molecule has 5 heteroatoms. The molecule has 126 valence electrons. The Morgan fingerprint density at radius 1 is 1.17 bits per heavy atom. The molecule has 1 aliphatic carbocycles. The minimum atomic E-state index is -0.228. The Balaban J connectivity index is 1.58. The maximum Gasteiger partial charge on any atom is 0.287 e. The van der Waals surface area contributed by atoms with Gasteiger partial charge in [0.05, 0.1) is 6.04 Å². The van der Waals surface area contributed by atoms with Crippen molar-refractivity contribution < 1.29 is 14.0 Å². The van der Waals surface area contributed by atoms with Gasteiger partial charge in [-0.2, -0.15) is 0 Å². The van der Waals surface area contributed by atoms with Gasteiger partial charge in [0.1, 0.15) is 5.76 Å². The molecule has 3 rings (SSSR count). The van der Waals surface area contributed by atoms with E-state index in [4.69, 9.17) is 4.42 Å². The minimum absolute atomic E-state index is 0.0913. The van der Waals surface area contributed by atoms with Gasteiger partial charge in [0.15, 0.2) is 5.76 Å². The summed E-state index contributed by atoms with van der Waals surface area (Å²) in [5.41, 5.74) is 1.75. The highest BCUT2D eigenvalue weighted by molar-refractivity contribution is 5.94. The van der Waals surface area contributed by atoms with Crippen molar-refractivity contribution in [2.24, 2.45) is 5.92 Å². The van der Waals surface area contributed by atoms with Crippen LogP contribution in [-0.2, 0) is 11.2 Å². The molecule has 0 spiro atoms. The van der Waals surface area contributed by atoms with Gasteiger partial charge in [-0.25, -0.2) is 0 Å². The molecule has 2 aromatic rings. The number of carbonyl (C=O) groups is 2. The monoisotopic (exact) mass is 326 g/mol. The van der Waals surface area contributed by atoms with Gasteiger partial charge in [0.25, 0.3) is 5.91 Å². The molecule has 1 aliphatic rings. The lowest BCUT2D eigenvalue weighted by molar-refractivity contribution is -0.117. The molecule has 1 atom stereocenters. The second-order valence-electron chi connectivity index (χ2n) is 6.20. The van der Waals surface area contributed by atoms with Crippen molar-refractivity contribution >= 4 is 17.5 Å². The Kier molecular flexibility index (Phi) is 4.69. The summed E-state index contributed by atoms with van der Waals surface area (Å²) in [4.78, 5) is 23.9. The van der Waals surface area contributed by atoms with E-state index in [0.717, 1.165) is 36.3 Å². The standard InChI is InChI=1S/C19H22N2O3/c1-3-16-10-11-17(24-16)19(23)20-12(2)13-6-8-15(9-7-13)21-18(22)14-4-5-14/h6-12,14H,3-5H2,1-2H3,(H,20,23)(H,21,22). The first kappa shape index (κ1) is 16.3. The maximum absolute atomic E-state index is 12.2. The first-order chi connectivity index (χ1) is 11.6. The van der Waals surface area contributed by atoms with Gasteiger partial charge in [-0.05, 0) is 49.6 Å². The normalized spacial score (nSPS) is 14.9. The Morgan fingerprint density at radius 2 is 1.88 bits per heavy atom. The molecule has 2 N–H and O–H groups in total. The molecule has 2 amide bonds. The highest BCUT2D eigenvalue weighted by atomic mass is 16.3. The predicted octanol–water partition coefficient (Wildman–Crippen LogP) is 3.68. The van der Waals surface area contributed by atoms with Crippen LogP contribution >= 0.6 is 0 Å². The van der Waals surface area contributed by atoms with Crippen molar-refractivity contribution in [2.75, 3.05) is 5.32 Å². The molecule has 0 saturated heterocycles. The lowest BCUT2D eigenvalue weighted by atomic mass is 10.1. The summed E-state index contributed by atoms with van der Waals surface area (Å²) in [6.45, 7) is 3.89. The molecule has 1 unspecified atom stereocenters. The number of anilines is 1. The average molecular weight is 326 g/mol. The highest BCUT2D eigenvalue weighted by Gasteiger charge is 2.29. The van der Waals surface area contributed by atoms with Crippen molar-refractivity contribution in [2.45, 2.75) is 39.2 Å². The van der Waals surface area contributed by atoms with E-state index in [0.29, 0.717) is 5.76 Å². The number of nitrogens with one attached hydrogen (secondary N) is 2. The van der Waals surface area contributed by atoms with Gasteiger partial charge in [0.2, 0.25) is 5.91 Å². The van der Waals surface area contributed by atoms with Crippen LogP contribution in [-0.4, -0.2) is 11.8 Å². The van der Waals surface area contributed by atoms with Crippen LogP contribution in [0.5, 0.6) is 0 Å². The highest BCUT2D eigenvalue weighted by Crippen LogP contribution is 2.30. The molecule has 5 nitrogen and oxygen atoms in total. The van der Waals surface area contributed by atoms with Crippen LogP contribution in [0.2, 0.25) is 0 Å². The van der Waals surface area contributed by atoms with E-state index in [1.807, 2.05) is 44.2 Å². The van der Waals surface area contributed by atoms with E-state index in [1.54, 1.807) is 6.07 Å². The molecule has 0 bridgehead atoms. The molecule has 1 fully saturated rings. The Labute approximate surface area is 141 Å². The Morgan fingerprint density at radius 3 is 2.46 bits per heavy atom. The fourth-order valence-corrected chi connectivity index (χ4v) is 2.49. The third kappa shape index (κ3) is 3.85. The van der Waals surface area contributed by atoms with Crippen molar-refractivity contribution in [3.8, 4) is 0 Å². The number of amides is 2. The van der Waals surface area contributed by atoms with Crippen molar-refractivity contribution in [1.29, 1.82) is 0 Å². The molecular formula is C19H22N2O3. The molecule has 1 saturated carbocycles. The van der Waals surface area contributed by atoms with Crippen LogP contribution in [0.1, 0.15) is 54.6 Å². The zero-order chi connectivity index (χ0) is 17.1.